The van der Waals surface area contributed by atoms with E-state index < -0.39 is 4.92 Å². The van der Waals surface area contributed by atoms with E-state index in [-0.39, 0.29) is 17.6 Å². The van der Waals surface area contributed by atoms with Crippen LogP contribution in [-0.4, -0.2) is 23.9 Å². The number of amides is 1. The van der Waals surface area contributed by atoms with Gasteiger partial charge in [0.15, 0.2) is 0 Å². The van der Waals surface area contributed by atoms with Crippen molar-refractivity contribution >= 4 is 11.6 Å². The third-order valence-corrected chi connectivity index (χ3v) is 2.74. The summed E-state index contributed by atoms with van der Waals surface area (Å²) in [4.78, 5) is 21.9. The van der Waals surface area contributed by atoms with Gasteiger partial charge in [0, 0.05) is 25.1 Å². The van der Waals surface area contributed by atoms with Crippen LogP contribution < -0.4 is 10.6 Å². The Morgan fingerprint density at radius 2 is 2.21 bits per heavy atom. The van der Waals surface area contributed by atoms with Gasteiger partial charge in [-0.15, -0.1) is 0 Å². The minimum absolute atomic E-state index is 0.0336. The average molecular weight is 265 g/mol. The summed E-state index contributed by atoms with van der Waals surface area (Å²) in [6.07, 6.45) is 0.396. The van der Waals surface area contributed by atoms with Crippen molar-refractivity contribution in [3.63, 3.8) is 0 Å². The third kappa shape index (κ3) is 5.05. The van der Waals surface area contributed by atoms with Crippen molar-refractivity contribution in [1.29, 1.82) is 0 Å². The van der Waals surface area contributed by atoms with E-state index in [1.54, 1.807) is 12.1 Å². The van der Waals surface area contributed by atoms with Gasteiger partial charge >= 0.3 is 0 Å². The Kier molecular flexibility index (Phi) is 5.95. The van der Waals surface area contributed by atoms with Gasteiger partial charge in [-0.25, -0.2) is 0 Å². The number of nitro benzene ring substituents is 1. The molecule has 19 heavy (non-hydrogen) atoms. The van der Waals surface area contributed by atoms with Crippen LogP contribution in [0.4, 0.5) is 5.69 Å². The van der Waals surface area contributed by atoms with E-state index in [1.807, 2.05) is 13.8 Å². The molecule has 2 N–H and O–H groups in total. The van der Waals surface area contributed by atoms with E-state index in [0.29, 0.717) is 13.0 Å². The number of benzene rings is 1. The summed E-state index contributed by atoms with van der Waals surface area (Å²) in [5.41, 5.74) is 0.761. The molecule has 0 fully saturated rings. The molecule has 0 aliphatic heterocycles. The fraction of sp³-hybridized carbons (Fsp3) is 0.462. The lowest BCUT2D eigenvalue weighted by Gasteiger charge is -2.14. The zero-order valence-electron chi connectivity index (χ0n) is 11.2. The molecular formula is C13H19N3O3. The number of nitrogens with one attached hydrogen (secondary N) is 2. The van der Waals surface area contributed by atoms with Crippen molar-refractivity contribution in [3.05, 3.63) is 39.9 Å². The van der Waals surface area contributed by atoms with E-state index in [0.717, 1.165) is 12.1 Å². The molecule has 1 rings (SSSR count). The first-order valence-electron chi connectivity index (χ1n) is 6.29. The summed E-state index contributed by atoms with van der Waals surface area (Å²) >= 11 is 0. The van der Waals surface area contributed by atoms with Crippen molar-refractivity contribution in [1.82, 2.24) is 10.6 Å². The zero-order valence-corrected chi connectivity index (χ0v) is 11.2. The smallest absolute Gasteiger partial charge is 0.269 e. The fourth-order valence-electron chi connectivity index (χ4n) is 1.68. The molecular weight excluding hydrogens is 246 g/mol. The second-order valence-electron chi connectivity index (χ2n) is 4.24. The number of hydrogen-bond donors (Lipinski definition) is 2. The van der Waals surface area contributed by atoms with E-state index in [1.165, 1.54) is 12.1 Å². The molecule has 0 saturated heterocycles. The normalized spacial score (nSPS) is 11.9. The van der Waals surface area contributed by atoms with Crippen LogP contribution >= 0.6 is 0 Å². The Labute approximate surface area is 112 Å². The maximum absolute atomic E-state index is 11.6. The van der Waals surface area contributed by atoms with Gasteiger partial charge in [-0.1, -0.05) is 19.1 Å². The number of hydrogen-bond acceptors (Lipinski definition) is 4. The Morgan fingerprint density at radius 1 is 1.47 bits per heavy atom. The highest BCUT2D eigenvalue weighted by atomic mass is 16.6. The Bertz CT molecular complexity index is 449. The van der Waals surface area contributed by atoms with Crippen molar-refractivity contribution in [2.24, 2.45) is 0 Å². The number of non-ortho nitro benzene ring substituents is 1. The first-order chi connectivity index (χ1) is 9.04. The van der Waals surface area contributed by atoms with Crippen molar-refractivity contribution < 1.29 is 9.72 Å². The van der Waals surface area contributed by atoms with Crippen LogP contribution in [0.5, 0.6) is 0 Å². The molecule has 1 aromatic carbocycles. The first-order valence-corrected chi connectivity index (χ1v) is 6.29. The lowest BCUT2D eigenvalue weighted by atomic mass is 10.1. The highest BCUT2D eigenvalue weighted by Gasteiger charge is 2.12. The van der Waals surface area contributed by atoms with Crippen molar-refractivity contribution in [2.75, 3.05) is 13.1 Å². The van der Waals surface area contributed by atoms with Gasteiger partial charge in [-0.3, -0.25) is 14.9 Å². The average Bonchev–Trinajstić information content (AvgIpc) is 2.39. The molecule has 1 amide bonds. The molecule has 0 heterocycles. The van der Waals surface area contributed by atoms with Gasteiger partial charge in [0.1, 0.15) is 0 Å². The molecule has 0 aliphatic rings. The van der Waals surface area contributed by atoms with Crippen LogP contribution in [0.1, 0.15) is 31.9 Å². The van der Waals surface area contributed by atoms with Gasteiger partial charge in [0.2, 0.25) is 5.91 Å². The fourth-order valence-corrected chi connectivity index (χ4v) is 1.68. The van der Waals surface area contributed by atoms with Gasteiger partial charge < -0.3 is 10.6 Å². The standard InChI is InChI=1S/C13H19N3O3/c1-3-14-8-7-13(17)15-10(2)11-5-4-6-12(9-11)16(18)19/h4-6,9-10,14H,3,7-8H2,1-2H3,(H,15,17). The Morgan fingerprint density at radius 3 is 2.84 bits per heavy atom. The van der Waals surface area contributed by atoms with Crippen LogP contribution in [-0.2, 0) is 4.79 Å². The van der Waals surface area contributed by atoms with Gasteiger partial charge in [0.25, 0.3) is 5.69 Å². The van der Waals surface area contributed by atoms with Gasteiger partial charge in [0.05, 0.1) is 11.0 Å². The number of carbonyl (C=O) groups excluding carboxylic acids is 1. The second kappa shape index (κ2) is 7.48. The first kappa shape index (κ1) is 15.1. The zero-order chi connectivity index (χ0) is 14.3. The quantitative estimate of drug-likeness (QED) is 0.447. The maximum atomic E-state index is 11.6. The molecule has 0 radical (unpaired) electrons. The number of nitro groups is 1. The van der Waals surface area contributed by atoms with Crippen LogP contribution in [0, 0.1) is 10.1 Å². The van der Waals surface area contributed by atoms with Crippen molar-refractivity contribution in [2.45, 2.75) is 26.3 Å². The summed E-state index contributed by atoms with van der Waals surface area (Å²) in [6, 6.07) is 6.06. The summed E-state index contributed by atoms with van der Waals surface area (Å²) < 4.78 is 0. The van der Waals surface area contributed by atoms with E-state index in [4.69, 9.17) is 0 Å². The van der Waals surface area contributed by atoms with Crippen LogP contribution in [0.3, 0.4) is 0 Å². The number of nitrogens with zero attached hydrogens (tertiary/aromatic N) is 1. The highest BCUT2D eigenvalue weighted by molar-refractivity contribution is 5.76. The van der Waals surface area contributed by atoms with E-state index in [9.17, 15) is 14.9 Å². The monoisotopic (exact) mass is 265 g/mol. The minimum atomic E-state index is -0.441. The molecule has 1 aromatic rings. The molecule has 1 unspecified atom stereocenters. The lowest BCUT2D eigenvalue weighted by Crippen LogP contribution is -2.29. The molecule has 6 heteroatoms. The molecule has 0 aliphatic carbocycles. The van der Waals surface area contributed by atoms with E-state index in [2.05, 4.69) is 10.6 Å². The predicted molar refractivity (Wildman–Crippen MR) is 72.8 cm³/mol. The lowest BCUT2D eigenvalue weighted by molar-refractivity contribution is -0.384. The Balaban J connectivity index is 2.57. The molecule has 0 bridgehead atoms. The summed E-state index contributed by atoms with van der Waals surface area (Å²) in [6.45, 7) is 5.24. The summed E-state index contributed by atoms with van der Waals surface area (Å²) in [5, 5.41) is 16.6. The summed E-state index contributed by atoms with van der Waals surface area (Å²) in [7, 11) is 0. The predicted octanol–water partition coefficient (Wildman–Crippen LogP) is 1.77. The van der Waals surface area contributed by atoms with Crippen LogP contribution in [0.2, 0.25) is 0 Å². The van der Waals surface area contributed by atoms with Crippen molar-refractivity contribution in [3.8, 4) is 0 Å². The highest BCUT2D eigenvalue weighted by Crippen LogP contribution is 2.18. The van der Waals surface area contributed by atoms with Gasteiger partial charge in [-0.05, 0) is 19.0 Å². The van der Waals surface area contributed by atoms with E-state index >= 15 is 0 Å². The summed E-state index contributed by atoms with van der Waals surface area (Å²) in [5.74, 6) is -0.0695. The minimum Gasteiger partial charge on any atom is -0.350 e. The number of rotatable bonds is 7. The SMILES string of the molecule is CCNCCC(=O)NC(C)c1cccc([N+](=O)[O-])c1. The maximum Gasteiger partial charge on any atom is 0.269 e. The number of carbonyl (C=O) groups is 1. The molecule has 104 valence electrons. The van der Waals surface area contributed by atoms with Crippen LogP contribution in [0.25, 0.3) is 0 Å². The van der Waals surface area contributed by atoms with Crippen LogP contribution in [0.15, 0.2) is 24.3 Å². The second-order valence-corrected chi connectivity index (χ2v) is 4.24. The molecule has 6 nitrogen and oxygen atoms in total. The Hall–Kier alpha value is -1.95. The molecule has 1 atom stereocenters. The largest absolute Gasteiger partial charge is 0.350 e. The molecule has 0 saturated carbocycles. The van der Waals surface area contributed by atoms with Gasteiger partial charge in [-0.2, -0.15) is 0 Å². The molecule has 0 spiro atoms. The third-order valence-electron chi connectivity index (χ3n) is 2.74. The molecule has 0 aromatic heterocycles. The topological polar surface area (TPSA) is 84.3 Å².